The van der Waals surface area contributed by atoms with Crippen molar-refractivity contribution < 1.29 is 4.79 Å². The molecule has 0 aliphatic heterocycles. The summed E-state index contributed by atoms with van der Waals surface area (Å²) in [5, 5.41) is 11.4. The van der Waals surface area contributed by atoms with Crippen molar-refractivity contribution in [1.29, 1.82) is 0 Å². The van der Waals surface area contributed by atoms with Gasteiger partial charge in [0.25, 0.3) is 0 Å². The minimum atomic E-state index is -0.124. The number of carbonyl (C=O) groups is 1. The SMILES string of the molecule is CCc1cccc(NC(=O)CSc2nnc(-c3ccccn3)n2N)c1. The Bertz CT molecular complexity index is 865. The Kier molecular flexibility index (Phi) is 5.30. The van der Waals surface area contributed by atoms with E-state index in [2.05, 4.69) is 27.4 Å². The van der Waals surface area contributed by atoms with Gasteiger partial charge in [0.2, 0.25) is 16.9 Å². The zero-order chi connectivity index (χ0) is 17.6. The summed E-state index contributed by atoms with van der Waals surface area (Å²) in [5.41, 5.74) is 2.59. The van der Waals surface area contributed by atoms with Crippen molar-refractivity contribution in [3.05, 3.63) is 54.2 Å². The van der Waals surface area contributed by atoms with Gasteiger partial charge >= 0.3 is 0 Å². The van der Waals surface area contributed by atoms with E-state index in [9.17, 15) is 4.79 Å². The van der Waals surface area contributed by atoms with Gasteiger partial charge in [-0.1, -0.05) is 36.9 Å². The second kappa shape index (κ2) is 7.80. The number of amides is 1. The number of rotatable bonds is 6. The number of nitrogen functional groups attached to an aromatic ring is 1. The highest BCUT2D eigenvalue weighted by Gasteiger charge is 2.14. The molecular formula is C17H18N6OS. The highest BCUT2D eigenvalue weighted by atomic mass is 32.2. The number of benzene rings is 1. The second-order valence-corrected chi connectivity index (χ2v) is 6.22. The zero-order valence-electron chi connectivity index (χ0n) is 13.7. The maximum atomic E-state index is 12.1. The summed E-state index contributed by atoms with van der Waals surface area (Å²) in [5.74, 6) is 6.53. The van der Waals surface area contributed by atoms with Crippen LogP contribution in [0, 0.1) is 0 Å². The predicted molar refractivity (Wildman–Crippen MR) is 98.6 cm³/mol. The number of nitrogens with two attached hydrogens (primary N) is 1. The summed E-state index contributed by atoms with van der Waals surface area (Å²) in [6, 6.07) is 13.3. The van der Waals surface area contributed by atoms with E-state index in [0.717, 1.165) is 12.1 Å². The van der Waals surface area contributed by atoms with E-state index in [4.69, 9.17) is 5.84 Å². The van der Waals surface area contributed by atoms with Crippen molar-refractivity contribution in [2.24, 2.45) is 0 Å². The van der Waals surface area contributed by atoms with E-state index in [0.29, 0.717) is 16.7 Å². The molecule has 0 bridgehead atoms. The Morgan fingerprint density at radius 3 is 2.88 bits per heavy atom. The molecule has 2 heterocycles. The summed E-state index contributed by atoms with van der Waals surface area (Å²) in [6.45, 7) is 2.07. The van der Waals surface area contributed by atoms with Crippen molar-refractivity contribution in [2.75, 3.05) is 16.9 Å². The standard InChI is InChI=1S/C17H18N6OS/c1-2-12-6-5-7-13(10-12)20-15(24)11-25-17-22-21-16(23(17)18)14-8-3-4-9-19-14/h3-10H,2,11,18H2,1H3,(H,20,24). The summed E-state index contributed by atoms with van der Waals surface area (Å²) in [6.07, 6.45) is 2.58. The van der Waals surface area contributed by atoms with Gasteiger partial charge < -0.3 is 11.2 Å². The van der Waals surface area contributed by atoms with Gasteiger partial charge in [0.1, 0.15) is 5.69 Å². The average molecular weight is 354 g/mol. The molecule has 25 heavy (non-hydrogen) atoms. The molecule has 3 aromatic rings. The van der Waals surface area contributed by atoms with Gasteiger partial charge in [0.15, 0.2) is 0 Å². The molecule has 128 valence electrons. The van der Waals surface area contributed by atoms with Crippen LogP contribution in [0.15, 0.2) is 53.8 Å². The van der Waals surface area contributed by atoms with Crippen LogP contribution < -0.4 is 11.2 Å². The normalized spacial score (nSPS) is 10.6. The van der Waals surface area contributed by atoms with Crippen LogP contribution in [-0.4, -0.2) is 31.5 Å². The molecule has 7 nitrogen and oxygen atoms in total. The lowest BCUT2D eigenvalue weighted by Crippen LogP contribution is -2.16. The lowest BCUT2D eigenvalue weighted by Gasteiger charge is -2.06. The lowest BCUT2D eigenvalue weighted by atomic mass is 10.1. The topological polar surface area (TPSA) is 98.7 Å². The number of anilines is 1. The van der Waals surface area contributed by atoms with Crippen molar-refractivity contribution in [3.63, 3.8) is 0 Å². The van der Waals surface area contributed by atoms with Gasteiger partial charge in [0, 0.05) is 11.9 Å². The fraction of sp³-hybridized carbons (Fsp3) is 0.176. The number of carbonyl (C=O) groups excluding carboxylic acids is 1. The van der Waals surface area contributed by atoms with E-state index in [1.54, 1.807) is 12.3 Å². The molecule has 3 N–H and O–H groups in total. The molecule has 0 unspecified atom stereocenters. The second-order valence-electron chi connectivity index (χ2n) is 5.28. The molecule has 2 aromatic heterocycles. The van der Waals surface area contributed by atoms with Crippen molar-refractivity contribution >= 4 is 23.4 Å². The molecule has 3 rings (SSSR count). The Balaban J connectivity index is 1.62. The predicted octanol–water partition coefficient (Wildman–Crippen LogP) is 2.35. The molecule has 0 radical (unpaired) electrons. The minimum Gasteiger partial charge on any atom is -0.335 e. The first-order valence-corrected chi connectivity index (χ1v) is 8.79. The lowest BCUT2D eigenvalue weighted by molar-refractivity contribution is -0.113. The van der Waals surface area contributed by atoms with Gasteiger partial charge in [-0.2, -0.15) is 0 Å². The van der Waals surface area contributed by atoms with E-state index >= 15 is 0 Å². The molecule has 0 saturated heterocycles. The maximum absolute atomic E-state index is 12.1. The van der Waals surface area contributed by atoms with Crippen LogP contribution in [0.5, 0.6) is 0 Å². The third-order valence-electron chi connectivity index (χ3n) is 3.51. The monoisotopic (exact) mass is 354 g/mol. The number of hydrogen-bond donors (Lipinski definition) is 2. The molecule has 0 aliphatic carbocycles. The number of aromatic nitrogens is 4. The van der Waals surface area contributed by atoms with E-state index < -0.39 is 0 Å². The first-order valence-electron chi connectivity index (χ1n) is 7.81. The number of aryl methyl sites for hydroxylation is 1. The van der Waals surface area contributed by atoms with E-state index in [-0.39, 0.29) is 11.7 Å². The number of nitrogens with one attached hydrogen (secondary N) is 1. The highest BCUT2D eigenvalue weighted by molar-refractivity contribution is 7.99. The zero-order valence-corrected chi connectivity index (χ0v) is 14.5. The molecule has 0 saturated carbocycles. The van der Waals surface area contributed by atoms with Crippen LogP contribution in [0.4, 0.5) is 5.69 Å². The van der Waals surface area contributed by atoms with Crippen molar-refractivity contribution in [2.45, 2.75) is 18.5 Å². The smallest absolute Gasteiger partial charge is 0.234 e. The molecule has 1 aromatic carbocycles. The summed E-state index contributed by atoms with van der Waals surface area (Å²) in [4.78, 5) is 16.3. The highest BCUT2D eigenvalue weighted by Crippen LogP contribution is 2.20. The molecule has 0 aliphatic rings. The van der Waals surface area contributed by atoms with Crippen molar-refractivity contribution in [3.8, 4) is 11.5 Å². The van der Waals surface area contributed by atoms with Gasteiger partial charge in [-0.15, -0.1) is 10.2 Å². The third-order valence-corrected chi connectivity index (χ3v) is 4.45. The molecule has 1 amide bonds. The first-order chi connectivity index (χ1) is 12.2. The van der Waals surface area contributed by atoms with E-state index in [1.165, 1.54) is 22.0 Å². The fourth-order valence-corrected chi connectivity index (χ4v) is 2.90. The number of pyridine rings is 1. The minimum absolute atomic E-state index is 0.124. The maximum Gasteiger partial charge on any atom is 0.234 e. The number of nitrogens with zero attached hydrogens (tertiary/aromatic N) is 4. The number of hydrogen-bond acceptors (Lipinski definition) is 6. The first kappa shape index (κ1) is 17.0. The molecular weight excluding hydrogens is 336 g/mol. The fourth-order valence-electron chi connectivity index (χ4n) is 2.24. The van der Waals surface area contributed by atoms with Gasteiger partial charge in [-0.3, -0.25) is 9.78 Å². The van der Waals surface area contributed by atoms with Crippen molar-refractivity contribution in [1.82, 2.24) is 19.9 Å². The number of thioether (sulfide) groups is 1. The Morgan fingerprint density at radius 1 is 1.24 bits per heavy atom. The Morgan fingerprint density at radius 2 is 2.12 bits per heavy atom. The molecule has 0 fully saturated rings. The Hall–Kier alpha value is -2.87. The van der Waals surface area contributed by atoms with Crippen LogP contribution in [0.25, 0.3) is 11.5 Å². The summed E-state index contributed by atoms with van der Waals surface area (Å²) < 4.78 is 1.35. The summed E-state index contributed by atoms with van der Waals surface area (Å²) in [7, 11) is 0. The van der Waals surface area contributed by atoms with Gasteiger partial charge in [-0.05, 0) is 36.2 Å². The quantitative estimate of drug-likeness (QED) is 0.521. The van der Waals surface area contributed by atoms with Crippen LogP contribution in [0.3, 0.4) is 0 Å². The Labute approximate surface area is 149 Å². The van der Waals surface area contributed by atoms with Crippen LogP contribution >= 0.6 is 11.8 Å². The average Bonchev–Trinajstić information content (AvgIpc) is 3.01. The van der Waals surface area contributed by atoms with Crippen LogP contribution in [-0.2, 0) is 11.2 Å². The largest absolute Gasteiger partial charge is 0.335 e. The van der Waals surface area contributed by atoms with Gasteiger partial charge in [0.05, 0.1) is 5.75 Å². The third kappa shape index (κ3) is 4.16. The van der Waals surface area contributed by atoms with Crippen LogP contribution in [0.1, 0.15) is 12.5 Å². The molecule has 8 heteroatoms. The van der Waals surface area contributed by atoms with E-state index in [1.807, 2.05) is 36.4 Å². The molecule has 0 atom stereocenters. The summed E-state index contributed by atoms with van der Waals surface area (Å²) >= 11 is 1.22. The van der Waals surface area contributed by atoms with Gasteiger partial charge in [-0.25, -0.2) is 4.68 Å². The van der Waals surface area contributed by atoms with Crippen LogP contribution in [0.2, 0.25) is 0 Å². The molecule has 0 spiro atoms.